The fraction of sp³-hybridized carbons (Fsp3) is 0. The van der Waals surface area contributed by atoms with Crippen LogP contribution in [0.4, 0.5) is 0 Å². The normalized spacial score (nSPS) is 12.1. The SMILES string of the molecule is c1ccc(-c2ccc(-c3nc(-n4c5ccc(-c6ccc7c(c6)c6c8oc9ccc(-c%10ccc%11c(c%10)c%10c%12ccccc%12c(-c%12ccc%13c(c%12)c%12c%14sc%15ccccc%15c%14ccc%12n%13-c%12ccccc%12)cc%10n%11-c%10nc(-c%11ccccc%11)nc(-c%11ccccc%11)n%10)cc9c8ccc6n7-c6ccccc6)cc5c5c6ccccc6ccc54)nc4ccccc34)cc2)cc1. The van der Waals surface area contributed by atoms with Crippen LogP contribution in [0.3, 0.4) is 0 Å². The van der Waals surface area contributed by atoms with Crippen LogP contribution >= 0.6 is 11.3 Å². The number of aromatic nitrogens is 9. The Morgan fingerprint density at radius 3 is 1.30 bits per heavy atom. The van der Waals surface area contributed by atoms with E-state index in [1.807, 2.05) is 47.7 Å². The molecule has 11 heteroatoms. The lowest BCUT2D eigenvalue weighted by Gasteiger charge is -2.13. The molecule has 19 aromatic carbocycles. The molecular weight excluding hydrogens is 1560 g/mol. The van der Waals surface area contributed by atoms with Crippen molar-refractivity contribution in [2.24, 2.45) is 0 Å². The highest BCUT2D eigenvalue weighted by Crippen LogP contribution is 2.50. The van der Waals surface area contributed by atoms with E-state index in [1.165, 1.54) is 42.0 Å². The second kappa shape index (κ2) is 27.4. The van der Waals surface area contributed by atoms with Gasteiger partial charge in [0.25, 0.3) is 0 Å². The number of furan rings is 1. The molecule has 0 aliphatic rings. The van der Waals surface area contributed by atoms with Crippen LogP contribution in [0, 0.1) is 0 Å². The maximum atomic E-state index is 7.34. The van der Waals surface area contributed by atoms with E-state index in [-0.39, 0.29) is 0 Å². The van der Waals surface area contributed by atoms with Gasteiger partial charge in [0.2, 0.25) is 11.9 Å². The molecule has 27 rings (SSSR count). The second-order valence-corrected chi connectivity index (χ2v) is 34.0. The first-order chi connectivity index (χ1) is 62.5. The monoisotopic (exact) mass is 1620 g/mol. The van der Waals surface area contributed by atoms with Gasteiger partial charge in [-0.25, -0.2) is 15.0 Å². The average Bonchev–Trinajstić information content (AvgIpc) is 1.63. The lowest BCUT2D eigenvalue weighted by Crippen LogP contribution is -2.06. The van der Waals surface area contributed by atoms with E-state index in [1.54, 1.807) is 0 Å². The summed E-state index contributed by atoms with van der Waals surface area (Å²) in [6.07, 6.45) is 0. The third kappa shape index (κ3) is 10.6. The van der Waals surface area contributed by atoms with E-state index in [0.29, 0.717) is 23.5 Å². The summed E-state index contributed by atoms with van der Waals surface area (Å²) in [5.41, 5.74) is 25.7. The molecule has 0 bridgehead atoms. The minimum absolute atomic E-state index is 0.520. The smallest absolute Gasteiger partial charge is 0.238 e. The van der Waals surface area contributed by atoms with Gasteiger partial charge in [-0.05, 0) is 193 Å². The molecular formula is C115H67N9OS. The molecule has 0 saturated heterocycles. The zero-order valence-corrected chi connectivity index (χ0v) is 68.3. The van der Waals surface area contributed by atoms with Gasteiger partial charge in [0.05, 0.1) is 60.7 Å². The first-order valence-corrected chi connectivity index (χ1v) is 43.5. The topological polar surface area (TPSA) is 97.3 Å². The molecule has 0 aliphatic heterocycles. The Bertz CT molecular complexity index is 9210. The highest BCUT2D eigenvalue weighted by Gasteiger charge is 2.28. The van der Waals surface area contributed by atoms with E-state index in [9.17, 15) is 0 Å². The van der Waals surface area contributed by atoms with Crippen molar-refractivity contribution >= 4 is 173 Å². The predicted molar refractivity (Wildman–Crippen MR) is 524 cm³/mol. The summed E-state index contributed by atoms with van der Waals surface area (Å²) < 4.78 is 19.3. The van der Waals surface area contributed by atoms with Gasteiger partial charge in [-0.2, -0.15) is 9.97 Å². The number of fused-ring (bicyclic) bond motifs is 25. The molecule has 0 aliphatic carbocycles. The standard InChI is InChI=1S/C115H67N9OS/c1-6-24-68(25-7-1)69-42-44-71(45-43-69)109-87-39-20-22-40-94(87)116-114(117-109)123-97-55-48-74(63-90(97)105-81-35-17-16-26-70(81)46-58-99(105)123)76-47-54-95-92(65-76)107-100(121(95)79-31-12-4-13-32-79)59-52-85-89-62-77(51-61-103(89)125-110(85)107)75-49-56-98-91(64-75)106-84-38-19-18-36-82(84)88(67-102(106)124(98)115-119-112(72-27-8-2-9-28-72)118-113(120-115)73-29-10-3-11-30-73)78-50-57-96-93(66-78)108-101(122(96)80-33-14-5-15-34-80)60-53-86-83-37-21-23-41-104(83)126-111(86)108/h1-67H. The van der Waals surface area contributed by atoms with E-state index in [0.717, 1.165) is 198 Å². The average molecular weight is 1620 g/mol. The summed E-state index contributed by atoms with van der Waals surface area (Å²) in [6, 6.07) is 147. The molecule has 0 amide bonds. The molecule has 126 heavy (non-hydrogen) atoms. The van der Waals surface area contributed by atoms with Crippen LogP contribution in [-0.4, -0.2) is 43.2 Å². The number of hydrogen-bond donors (Lipinski definition) is 0. The Morgan fingerprint density at radius 1 is 0.222 bits per heavy atom. The van der Waals surface area contributed by atoms with Crippen molar-refractivity contribution in [1.82, 2.24) is 43.2 Å². The second-order valence-electron chi connectivity index (χ2n) is 32.9. The van der Waals surface area contributed by atoms with Gasteiger partial charge >= 0.3 is 0 Å². The molecule has 8 aromatic heterocycles. The summed E-state index contributed by atoms with van der Waals surface area (Å²) in [5, 5.41) is 19.2. The van der Waals surface area contributed by atoms with E-state index >= 15 is 0 Å². The molecule has 0 radical (unpaired) electrons. The highest BCUT2D eigenvalue weighted by atomic mass is 32.1. The molecule has 10 nitrogen and oxygen atoms in total. The maximum absolute atomic E-state index is 7.34. The van der Waals surface area contributed by atoms with Crippen molar-refractivity contribution in [3.05, 3.63) is 406 Å². The molecule has 584 valence electrons. The van der Waals surface area contributed by atoms with Crippen LogP contribution in [0.25, 0.3) is 264 Å². The molecule has 0 atom stereocenters. The first-order valence-electron chi connectivity index (χ1n) is 42.7. The number of thiophene rings is 1. The Morgan fingerprint density at radius 2 is 0.651 bits per heavy atom. The van der Waals surface area contributed by atoms with Crippen LogP contribution in [-0.2, 0) is 0 Å². The largest absolute Gasteiger partial charge is 0.455 e. The van der Waals surface area contributed by atoms with Crippen LogP contribution in [0.2, 0.25) is 0 Å². The highest BCUT2D eigenvalue weighted by molar-refractivity contribution is 7.26. The van der Waals surface area contributed by atoms with E-state index < -0.39 is 0 Å². The van der Waals surface area contributed by atoms with Crippen LogP contribution in [0.15, 0.2) is 411 Å². The van der Waals surface area contributed by atoms with Gasteiger partial charge in [0.15, 0.2) is 11.6 Å². The summed E-state index contributed by atoms with van der Waals surface area (Å²) in [4.78, 5) is 27.2. The van der Waals surface area contributed by atoms with Crippen molar-refractivity contribution in [2.45, 2.75) is 0 Å². The van der Waals surface area contributed by atoms with Gasteiger partial charge in [-0.3, -0.25) is 9.13 Å². The van der Waals surface area contributed by atoms with Crippen LogP contribution in [0.1, 0.15) is 0 Å². The van der Waals surface area contributed by atoms with Gasteiger partial charge < -0.3 is 13.6 Å². The zero-order chi connectivity index (χ0) is 82.3. The molecule has 0 N–H and O–H groups in total. The quantitative estimate of drug-likeness (QED) is 0.128. The number of rotatable bonds is 11. The molecule has 27 aromatic rings. The molecule has 8 heterocycles. The Kier molecular flexibility index (Phi) is 15.2. The number of para-hydroxylation sites is 3. The minimum atomic E-state index is 0.520. The van der Waals surface area contributed by atoms with E-state index in [2.05, 4.69) is 388 Å². The third-order valence-electron chi connectivity index (χ3n) is 26.0. The minimum Gasteiger partial charge on any atom is -0.455 e. The van der Waals surface area contributed by atoms with Gasteiger partial charge in [0.1, 0.15) is 11.2 Å². The van der Waals surface area contributed by atoms with Gasteiger partial charge in [-0.15, -0.1) is 11.3 Å². The van der Waals surface area contributed by atoms with Crippen molar-refractivity contribution in [2.75, 3.05) is 0 Å². The van der Waals surface area contributed by atoms with Crippen molar-refractivity contribution < 1.29 is 4.42 Å². The molecule has 0 spiro atoms. The first kappa shape index (κ1) is 70.0. The van der Waals surface area contributed by atoms with Crippen molar-refractivity contribution in [3.8, 4) is 102 Å². The van der Waals surface area contributed by atoms with Gasteiger partial charge in [-0.1, -0.05) is 279 Å². The van der Waals surface area contributed by atoms with Gasteiger partial charge in [0, 0.05) is 102 Å². The number of nitrogens with zero attached hydrogens (tertiary/aromatic N) is 9. The lowest BCUT2D eigenvalue weighted by atomic mass is 9.93. The Labute approximate surface area is 723 Å². The summed E-state index contributed by atoms with van der Waals surface area (Å²) in [5.74, 6) is 2.30. The third-order valence-corrected chi connectivity index (χ3v) is 27.2. The molecule has 0 fully saturated rings. The van der Waals surface area contributed by atoms with Crippen molar-refractivity contribution in [3.63, 3.8) is 0 Å². The fourth-order valence-electron chi connectivity index (χ4n) is 20.3. The Balaban J connectivity index is 0.635. The summed E-state index contributed by atoms with van der Waals surface area (Å²) >= 11 is 1.88. The summed E-state index contributed by atoms with van der Waals surface area (Å²) in [6.45, 7) is 0. The predicted octanol–water partition coefficient (Wildman–Crippen LogP) is 30.4. The zero-order valence-electron chi connectivity index (χ0n) is 67.5. The number of hydrogen-bond acceptors (Lipinski definition) is 7. The van der Waals surface area contributed by atoms with Crippen LogP contribution < -0.4 is 0 Å². The number of benzene rings is 19. The summed E-state index contributed by atoms with van der Waals surface area (Å²) in [7, 11) is 0. The molecule has 0 unspecified atom stereocenters. The van der Waals surface area contributed by atoms with E-state index in [4.69, 9.17) is 29.3 Å². The molecule has 0 saturated carbocycles. The Hall–Kier alpha value is -16.7. The maximum Gasteiger partial charge on any atom is 0.238 e. The van der Waals surface area contributed by atoms with Crippen molar-refractivity contribution in [1.29, 1.82) is 0 Å². The van der Waals surface area contributed by atoms with Crippen LogP contribution in [0.5, 0.6) is 0 Å². The lowest BCUT2D eigenvalue weighted by molar-refractivity contribution is 0.673. The fourth-order valence-corrected chi connectivity index (χ4v) is 21.6.